The molecule has 1 aliphatic rings. The molecule has 0 bridgehead atoms. The van der Waals surface area contributed by atoms with E-state index in [0.29, 0.717) is 18.1 Å². The number of para-hydroxylation sites is 1. The highest BCUT2D eigenvalue weighted by molar-refractivity contribution is 7.80. The Morgan fingerprint density at radius 2 is 1.94 bits per heavy atom. The molecule has 0 aliphatic carbocycles. The molecule has 1 fully saturated rings. The number of hydrogen-bond acceptors (Lipinski definition) is 3. The Kier molecular flexibility index (Phi) is 6.55. The minimum Gasteiger partial charge on any atom is -0.352 e. The summed E-state index contributed by atoms with van der Waals surface area (Å²) in [5.41, 5.74) is 5.26. The van der Waals surface area contributed by atoms with Crippen molar-refractivity contribution >= 4 is 28.9 Å². The second-order valence-corrected chi connectivity index (χ2v) is 8.47. The maximum absolute atomic E-state index is 12.8. The van der Waals surface area contributed by atoms with Gasteiger partial charge in [0.25, 0.3) is 0 Å². The van der Waals surface area contributed by atoms with E-state index < -0.39 is 0 Å². The fraction of sp³-hybridized carbons (Fsp3) is 0.320. The second kappa shape index (κ2) is 9.53. The van der Waals surface area contributed by atoms with Crippen molar-refractivity contribution in [2.45, 2.75) is 38.8 Å². The molecule has 1 amide bonds. The van der Waals surface area contributed by atoms with Crippen LogP contribution in [0.3, 0.4) is 0 Å². The molecule has 4 rings (SSSR count). The number of hydrogen-bond donors (Lipinski definition) is 2. The van der Waals surface area contributed by atoms with Crippen molar-refractivity contribution in [1.29, 1.82) is 0 Å². The molecule has 0 unspecified atom stereocenters. The molecule has 2 atom stereocenters. The number of carbonyl (C=O) groups is 1. The number of amides is 1. The third-order valence-electron chi connectivity index (χ3n) is 6.16. The van der Waals surface area contributed by atoms with Crippen LogP contribution in [0.25, 0.3) is 0 Å². The quantitative estimate of drug-likeness (QED) is 0.529. The molecule has 2 N–H and O–H groups in total. The predicted octanol–water partition coefficient (Wildman–Crippen LogP) is 4.29. The van der Waals surface area contributed by atoms with Gasteiger partial charge in [0.15, 0.2) is 5.11 Å². The molecule has 1 saturated heterocycles. The first-order valence-corrected chi connectivity index (χ1v) is 11.4. The van der Waals surface area contributed by atoms with E-state index >= 15 is 0 Å². The Morgan fingerprint density at radius 1 is 1.16 bits per heavy atom. The number of benzene rings is 1. The predicted molar refractivity (Wildman–Crippen MR) is 131 cm³/mol. The SMILES string of the molecule is CCc1ccccc1NC(=O)CCN1C(=S)N[C@H](c2ccccn2)[C@H]1c1ccc(C)n1C. The highest BCUT2D eigenvalue weighted by Crippen LogP contribution is 2.39. The van der Waals surface area contributed by atoms with E-state index in [1.165, 1.54) is 5.69 Å². The normalized spacial score (nSPS) is 18.0. The van der Waals surface area contributed by atoms with Gasteiger partial charge in [-0.15, -0.1) is 0 Å². The first-order valence-electron chi connectivity index (χ1n) is 11.0. The van der Waals surface area contributed by atoms with Crippen LogP contribution in [0.1, 0.15) is 48.1 Å². The lowest BCUT2D eigenvalue weighted by atomic mass is 10.0. The largest absolute Gasteiger partial charge is 0.352 e. The lowest BCUT2D eigenvalue weighted by molar-refractivity contribution is -0.116. The molecule has 1 aliphatic heterocycles. The van der Waals surface area contributed by atoms with Crippen molar-refractivity contribution in [2.24, 2.45) is 7.05 Å². The Balaban J connectivity index is 1.55. The Labute approximate surface area is 194 Å². The topological polar surface area (TPSA) is 62.2 Å². The van der Waals surface area contributed by atoms with E-state index in [1.807, 2.05) is 42.5 Å². The van der Waals surface area contributed by atoms with Gasteiger partial charge in [0.1, 0.15) is 0 Å². The van der Waals surface area contributed by atoms with E-state index in [2.05, 4.69) is 58.1 Å². The monoisotopic (exact) mass is 447 g/mol. The zero-order valence-corrected chi connectivity index (χ0v) is 19.5. The number of anilines is 1. The number of carbonyl (C=O) groups excluding carboxylic acids is 1. The summed E-state index contributed by atoms with van der Waals surface area (Å²) in [6, 6.07) is 18.0. The average molecular weight is 448 g/mol. The van der Waals surface area contributed by atoms with Crippen LogP contribution in [0.5, 0.6) is 0 Å². The smallest absolute Gasteiger partial charge is 0.226 e. The highest BCUT2D eigenvalue weighted by Gasteiger charge is 2.41. The lowest BCUT2D eigenvalue weighted by Gasteiger charge is -2.28. The maximum Gasteiger partial charge on any atom is 0.226 e. The molecule has 166 valence electrons. The van der Waals surface area contributed by atoms with Gasteiger partial charge in [-0.3, -0.25) is 9.78 Å². The molecule has 3 aromatic rings. The number of nitrogens with zero attached hydrogens (tertiary/aromatic N) is 3. The minimum absolute atomic E-state index is 0.0169. The van der Waals surface area contributed by atoms with Crippen LogP contribution >= 0.6 is 12.2 Å². The van der Waals surface area contributed by atoms with Gasteiger partial charge in [-0.2, -0.15) is 0 Å². The molecule has 7 heteroatoms. The Bertz CT molecular complexity index is 1110. The van der Waals surface area contributed by atoms with Crippen molar-refractivity contribution in [2.75, 3.05) is 11.9 Å². The third-order valence-corrected chi connectivity index (χ3v) is 6.52. The number of nitrogens with one attached hydrogen (secondary N) is 2. The number of aromatic nitrogens is 2. The van der Waals surface area contributed by atoms with Gasteiger partial charge in [0.2, 0.25) is 5.91 Å². The maximum atomic E-state index is 12.8. The fourth-order valence-corrected chi connectivity index (χ4v) is 4.62. The van der Waals surface area contributed by atoms with Crippen LogP contribution in [0.2, 0.25) is 0 Å². The molecule has 3 heterocycles. The third kappa shape index (κ3) is 4.39. The second-order valence-electron chi connectivity index (χ2n) is 8.09. The fourth-order valence-electron chi connectivity index (χ4n) is 4.28. The summed E-state index contributed by atoms with van der Waals surface area (Å²) in [5.74, 6) is -0.0169. The number of thiocarbonyl (C=S) groups is 1. The summed E-state index contributed by atoms with van der Waals surface area (Å²) < 4.78 is 2.18. The van der Waals surface area contributed by atoms with Gasteiger partial charge in [0.05, 0.1) is 17.8 Å². The van der Waals surface area contributed by atoms with Crippen LogP contribution in [0.15, 0.2) is 60.8 Å². The van der Waals surface area contributed by atoms with Gasteiger partial charge in [-0.05, 0) is 61.5 Å². The van der Waals surface area contributed by atoms with E-state index in [4.69, 9.17) is 12.2 Å². The van der Waals surface area contributed by atoms with Gasteiger partial charge < -0.3 is 20.1 Å². The van der Waals surface area contributed by atoms with Gasteiger partial charge in [-0.25, -0.2) is 0 Å². The minimum atomic E-state index is -0.0828. The van der Waals surface area contributed by atoms with Gasteiger partial charge >= 0.3 is 0 Å². The first kappa shape index (κ1) is 22.0. The lowest BCUT2D eigenvalue weighted by Crippen LogP contribution is -2.33. The zero-order valence-electron chi connectivity index (χ0n) is 18.7. The molecule has 0 saturated carbocycles. The van der Waals surface area contributed by atoms with Gasteiger partial charge in [-0.1, -0.05) is 31.2 Å². The van der Waals surface area contributed by atoms with Crippen molar-refractivity contribution in [1.82, 2.24) is 19.8 Å². The first-order chi connectivity index (χ1) is 15.5. The van der Waals surface area contributed by atoms with Crippen LogP contribution in [-0.4, -0.2) is 32.0 Å². The average Bonchev–Trinajstić information content (AvgIpc) is 3.31. The molecule has 2 aromatic heterocycles. The van der Waals surface area contributed by atoms with Crippen LogP contribution in [0, 0.1) is 6.92 Å². The van der Waals surface area contributed by atoms with E-state index in [-0.39, 0.29) is 18.0 Å². The van der Waals surface area contributed by atoms with Crippen molar-refractivity contribution in [3.63, 3.8) is 0 Å². The molecular formula is C25H29N5OS. The highest BCUT2D eigenvalue weighted by atomic mass is 32.1. The molecule has 32 heavy (non-hydrogen) atoms. The Morgan fingerprint density at radius 3 is 2.62 bits per heavy atom. The van der Waals surface area contributed by atoms with Crippen LogP contribution in [0.4, 0.5) is 5.69 Å². The molecule has 0 spiro atoms. The summed E-state index contributed by atoms with van der Waals surface area (Å²) >= 11 is 5.71. The van der Waals surface area contributed by atoms with Crippen LogP contribution in [-0.2, 0) is 18.3 Å². The van der Waals surface area contributed by atoms with Gasteiger partial charge in [0, 0.05) is 43.3 Å². The van der Waals surface area contributed by atoms with E-state index in [9.17, 15) is 4.79 Å². The summed E-state index contributed by atoms with van der Waals surface area (Å²) in [6.07, 6.45) is 3.01. The van der Waals surface area contributed by atoms with E-state index in [1.54, 1.807) is 6.20 Å². The number of rotatable bonds is 7. The number of pyridine rings is 1. The summed E-state index contributed by atoms with van der Waals surface area (Å²) in [4.78, 5) is 19.5. The summed E-state index contributed by atoms with van der Waals surface area (Å²) in [7, 11) is 2.06. The van der Waals surface area contributed by atoms with Crippen molar-refractivity contribution in [3.05, 3.63) is 83.4 Å². The van der Waals surface area contributed by atoms with Crippen molar-refractivity contribution < 1.29 is 4.79 Å². The Hall–Kier alpha value is -3.19. The molecule has 0 radical (unpaired) electrons. The molecule has 6 nitrogen and oxygen atoms in total. The molecule has 1 aromatic carbocycles. The van der Waals surface area contributed by atoms with Crippen LogP contribution < -0.4 is 10.6 Å². The summed E-state index contributed by atoms with van der Waals surface area (Å²) in [6.45, 7) is 4.69. The summed E-state index contributed by atoms with van der Waals surface area (Å²) in [5, 5.41) is 7.16. The van der Waals surface area contributed by atoms with E-state index in [0.717, 1.165) is 29.1 Å². The standard InChI is InChI=1S/C25H29N5OS/c1-4-18-9-5-6-10-19(18)27-22(31)14-16-30-24(21-13-12-17(2)29(21)3)23(28-25(30)32)20-11-7-8-15-26-20/h5-13,15,23-24H,4,14,16H2,1-3H3,(H,27,31)(H,28,32)/t23-,24-/m1/s1. The van der Waals surface area contributed by atoms with Crippen molar-refractivity contribution in [3.8, 4) is 0 Å². The molecular weight excluding hydrogens is 418 g/mol. The zero-order chi connectivity index (χ0) is 22.7. The number of aryl methyl sites for hydroxylation is 2.